The van der Waals surface area contributed by atoms with E-state index in [9.17, 15) is 22.0 Å². The van der Waals surface area contributed by atoms with Gasteiger partial charge in [-0.3, -0.25) is 9.52 Å². The number of hydrogen-bond donors (Lipinski definition) is 3. The molecule has 2 saturated heterocycles. The lowest BCUT2D eigenvalue weighted by atomic mass is 9.98. The monoisotopic (exact) mass is 533 g/mol. The quantitative estimate of drug-likeness (QED) is 0.366. The van der Waals surface area contributed by atoms with Crippen LogP contribution < -0.4 is 19.8 Å². The first-order valence-corrected chi connectivity index (χ1v) is 13.6. The van der Waals surface area contributed by atoms with E-state index in [1.165, 1.54) is 11.1 Å². The number of carbonyl (C=O) groups excluding carboxylic acids is 1. The van der Waals surface area contributed by atoms with Crippen molar-refractivity contribution < 1.29 is 22.0 Å². The number of allylic oxidation sites excluding steroid dienone is 1. The molecule has 0 spiro atoms. The van der Waals surface area contributed by atoms with Gasteiger partial charge < -0.3 is 15.1 Å². The Morgan fingerprint density at radius 3 is 2.30 bits per heavy atom. The Bertz CT molecular complexity index is 1260. The highest BCUT2D eigenvalue weighted by molar-refractivity contribution is 7.73. The second kappa shape index (κ2) is 11.0. The number of alkyl halides is 2. The third-order valence-corrected chi connectivity index (χ3v) is 7.34. The van der Waals surface area contributed by atoms with Crippen molar-refractivity contribution in [2.75, 3.05) is 46.0 Å². The highest BCUT2D eigenvalue weighted by Gasteiger charge is 2.34. The molecule has 0 saturated carbocycles. The number of nitrogens with zero attached hydrogens (tertiary/aromatic N) is 3. The molecule has 200 valence electrons. The number of piperidine rings is 2. The summed E-state index contributed by atoms with van der Waals surface area (Å²) in [6, 6.07) is 8.39. The number of carbonyl (C=O) groups is 1. The number of aromatic nitrogens is 1. The number of anilines is 4. The van der Waals surface area contributed by atoms with Crippen LogP contribution in [-0.2, 0) is 10.9 Å². The average molecular weight is 534 g/mol. The van der Waals surface area contributed by atoms with Crippen molar-refractivity contribution in [1.29, 1.82) is 0 Å². The highest BCUT2D eigenvalue weighted by Crippen LogP contribution is 2.32. The zero-order valence-electron chi connectivity index (χ0n) is 21.3. The van der Waals surface area contributed by atoms with Gasteiger partial charge in [-0.25, -0.2) is 22.2 Å². The number of halogens is 2. The van der Waals surface area contributed by atoms with Crippen LogP contribution in [0.1, 0.15) is 55.5 Å². The number of amides is 1. The Labute approximate surface area is 217 Å². The van der Waals surface area contributed by atoms with E-state index in [-0.39, 0.29) is 31.8 Å². The smallest absolute Gasteiger partial charge is 0.258 e. The molecule has 0 aliphatic carbocycles. The summed E-state index contributed by atoms with van der Waals surface area (Å²) >= 11 is 0. The molecule has 8 nitrogen and oxygen atoms in total. The summed E-state index contributed by atoms with van der Waals surface area (Å²) in [5.41, 5.74) is 4.96. The van der Waals surface area contributed by atoms with Gasteiger partial charge in [-0.2, -0.15) is 0 Å². The molecule has 2 N–H and O–H groups in total. The van der Waals surface area contributed by atoms with Gasteiger partial charge in [0.25, 0.3) is 11.8 Å². The van der Waals surface area contributed by atoms with Crippen LogP contribution in [0.25, 0.3) is 0 Å². The van der Waals surface area contributed by atoms with Gasteiger partial charge in [-0.1, -0.05) is 11.1 Å². The number of pyridine rings is 1. The number of benzene rings is 1. The number of thiol groups is 1. The maximum absolute atomic E-state index is 13.6. The van der Waals surface area contributed by atoms with Crippen LogP contribution in [-0.4, -0.2) is 51.4 Å². The van der Waals surface area contributed by atoms with Crippen molar-refractivity contribution in [3.05, 3.63) is 52.6 Å². The molecule has 1 aromatic heterocycles. The number of aryl methyl sites for hydroxylation is 1. The fraction of sp³-hybridized carbons (Fsp3) is 0.462. The summed E-state index contributed by atoms with van der Waals surface area (Å²) in [5.74, 6) is -2.15. The Hall–Kier alpha value is -3.21. The van der Waals surface area contributed by atoms with Gasteiger partial charge in [0.1, 0.15) is 11.6 Å². The van der Waals surface area contributed by atoms with E-state index in [2.05, 4.69) is 33.8 Å². The van der Waals surface area contributed by atoms with Crippen molar-refractivity contribution >= 4 is 39.8 Å². The first kappa shape index (κ1) is 26.8. The largest absolute Gasteiger partial charge is 0.370 e. The van der Waals surface area contributed by atoms with E-state index in [0.29, 0.717) is 41.7 Å². The van der Waals surface area contributed by atoms with Crippen LogP contribution in [0.4, 0.5) is 31.8 Å². The Morgan fingerprint density at radius 1 is 1.00 bits per heavy atom. The first-order chi connectivity index (χ1) is 17.5. The van der Waals surface area contributed by atoms with Crippen molar-refractivity contribution in [3.8, 4) is 0 Å². The van der Waals surface area contributed by atoms with Crippen LogP contribution in [0.3, 0.4) is 0 Å². The van der Waals surface area contributed by atoms with Crippen LogP contribution in [0, 0.1) is 6.92 Å². The van der Waals surface area contributed by atoms with Crippen molar-refractivity contribution in [3.63, 3.8) is 0 Å². The Balaban J connectivity index is 1.58. The number of rotatable bonds is 6. The molecule has 2 aromatic rings. The first-order valence-electron chi connectivity index (χ1n) is 12.4. The van der Waals surface area contributed by atoms with Crippen LogP contribution in [0.2, 0.25) is 0 Å². The van der Waals surface area contributed by atoms with E-state index >= 15 is 0 Å². The SMILES string of the molecule is CC(C)=C1CCN(c2cc(N[SH](=O)=O)ccc2C(=O)Nc2cc(C)cc(N3CCC(F)(F)CC3)n2)CC1. The van der Waals surface area contributed by atoms with Gasteiger partial charge in [0.15, 0.2) is 0 Å². The molecule has 3 heterocycles. The Morgan fingerprint density at radius 2 is 1.68 bits per heavy atom. The van der Waals surface area contributed by atoms with E-state index in [1.807, 2.05) is 17.9 Å². The van der Waals surface area contributed by atoms with Gasteiger partial charge in [0.2, 0.25) is 10.9 Å². The minimum atomic E-state index is -2.85. The molecule has 0 atom stereocenters. The van der Waals surface area contributed by atoms with Crippen molar-refractivity contribution in [1.82, 2.24) is 4.98 Å². The van der Waals surface area contributed by atoms with E-state index in [0.717, 1.165) is 18.4 Å². The van der Waals surface area contributed by atoms with Gasteiger partial charge in [-0.05, 0) is 69.5 Å². The lowest BCUT2D eigenvalue weighted by molar-refractivity contribution is -0.0221. The second-order valence-electron chi connectivity index (χ2n) is 9.88. The topological polar surface area (TPSA) is 94.6 Å². The second-order valence-corrected chi connectivity index (χ2v) is 10.6. The average Bonchev–Trinajstić information content (AvgIpc) is 2.83. The zero-order valence-corrected chi connectivity index (χ0v) is 22.2. The summed E-state index contributed by atoms with van der Waals surface area (Å²) in [6.07, 6.45) is 1.28. The van der Waals surface area contributed by atoms with Gasteiger partial charge >= 0.3 is 0 Å². The molecule has 2 aliphatic heterocycles. The molecular weight excluding hydrogens is 500 g/mol. The van der Waals surface area contributed by atoms with Gasteiger partial charge in [-0.15, -0.1) is 0 Å². The maximum Gasteiger partial charge on any atom is 0.258 e. The minimum absolute atomic E-state index is 0.194. The normalized spacial score (nSPS) is 17.6. The lowest BCUT2D eigenvalue weighted by Gasteiger charge is -2.33. The molecule has 0 bridgehead atoms. The van der Waals surface area contributed by atoms with Crippen LogP contribution in [0.15, 0.2) is 41.5 Å². The van der Waals surface area contributed by atoms with E-state index in [1.54, 1.807) is 24.3 Å². The summed E-state index contributed by atoms with van der Waals surface area (Å²) < 4.78 is 52.1. The molecule has 0 radical (unpaired) electrons. The highest BCUT2D eigenvalue weighted by atomic mass is 32.2. The fourth-order valence-electron chi connectivity index (χ4n) is 4.80. The molecule has 1 amide bonds. The van der Waals surface area contributed by atoms with Gasteiger partial charge in [0, 0.05) is 39.0 Å². The summed E-state index contributed by atoms with van der Waals surface area (Å²) in [4.78, 5) is 21.9. The maximum atomic E-state index is 13.6. The van der Waals surface area contributed by atoms with E-state index in [4.69, 9.17) is 0 Å². The molecule has 11 heteroatoms. The molecule has 2 fully saturated rings. The predicted molar refractivity (Wildman–Crippen MR) is 144 cm³/mol. The Kier molecular flexibility index (Phi) is 8.01. The third-order valence-electron chi connectivity index (χ3n) is 6.89. The predicted octanol–water partition coefficient (Wildman–Crippen LogP) is 4.75. The summed E-state index contributed by atoms with van der Waals surface area (Å²) in [5, 5.41) is 2.86. The number of nitrogens with one attached hydrogen (secondary N) is 2. The van der Waals surface area contributed by atoms with Crippen LogP contribution >= 0.6 is 0 Å². The lowest BCUT2D eigenvalue weighted by Crippen LogP contribution is -2.39. The fourth-order valence-corrected chi connectivity index (χ4v) is 5.15. The number of hydrogen-bond acceptors (Lipinski definition) is 6. The molecule has 1 aromatic carbocycles. The minimum Gasteiger partial charge on any atom is -0.370 e. The summed E-state index contributed by atoms with van der Waals surface area (Å²) in [6.45, 7) is 7.86. The summed E-state index contributed by atoms with van der Waals surface area (Å²) in [7, 11) is -2.85. The molecule has 2 aliphatic rings. The standard InChI is InChI=1S/C26H33F2N5O3S/c1-17(2)19-6-10-32(11-7-19)22-16-20(31-37(35)36)4-5-21(22)25(34)30-23-14-18(3)15-24(29-23)33-12-8-26(27,28)9-13-33/h4-5,14-16,37H,6-13H2,1-3H3,(H,29,30,34)(H,31,35,36). The molecule has 4 rings (SSSR count). The van der Waals surface area contributed by atoms with Crippen molar-refractivity contribution in [2.45, 2.75) is 52.4 Å². The van der Waals surface area contributed by atoms with Gasteiger partial charge in [0.05, 0.1) is 16.9 Å². The van der Waals surface area contributed by atoms with Crippen LogP contribution in [0.5, 0.6) is 0 Å². The molecule has 37 heavy (non-hydrogen) atoms. The van der Waals surface area contributed by atoms with Crippen molar-refractivity contribution in [2.24, 2.45) is 0 Å². The molecule has 0 unspecified atom stereocenters. The van der Waals surface area contributed by atoms with E-state index < -0.39 is 16.8 Å². The third kappa shape index (κ3) is 6.76. The zero-order chi connectivity index (χ0) is 26.7. The molecular formula is C26H33F2N5O3S.